The van der Waals surface area contributed by atoms with Crippen molar-refractivity contribution in [3.05, 3.63) is 23.3 Å². The fourth-order valence-corrected chi connectivity index (χ4v) is 2.64. The first-order valence-corrected chi connectivity index (χ1v) is 8.96. The van der Waals surface area contributed by atoms with Crippen molar-refractivity contribution < 1.29 is 19.1 Å². The molecular weight excluding hydrogens is 364 g/mol. The molecule has 0 fully saturated rings. The molecule has 28 heavy (non-hydrogen) atoms. The SMILES string of the molecule is Cc1nc2ncnn2c(C)c1CCC(=O)O[C@@H](C)C(=O)NC(=O)NC(C)(C)C. The highest BCUT2D eigenvalue weighted by molar-refractivity contribution is 5.97. The Kier molecular flexibility index (Phi) is 6.32. The number of imide groups is 1. The van der Waals surface area contributed by atoms with Crippen LogP contribution in [0.1, 0.15) is 51.1 Å². The molecule has 0 saturated heterocycles. The number of carbonyl (C=O) groups is 3. The van der Waals surface area contributed by atoms with Crippen LogP contribution >= 0.6 is 0 Å². The third-order valence-corrected chi connectivity index (χ3v) is 3.97. The Morgan fingerprint density at radius 1 is 1.25 bits per heavy atom. The molecule has 2 N–H and O–H groups in total. The first-order valence-electron chi connectivity index (χ1n) is 8.96. The van der Waals surface area contributed by atoms with Gasteiger partial charge in [-0.3, -0.25) is 14.9 Å². The van der Waals surface area contributed by atoms with Gasteiger partial charge in [-0.2, -0.15) is 10.1 Å². The van der Waals surface area contributed by atoms with Crippen molar-refractivity contribution in [2.45, 2.75) is 66.0 Å². The van der Waals surface area contributed by atoms with Gasteiger partial charge in [0.25, 0.3) is 11.7 Å². The molecule has 2 aromatic heterocycles. The maximum atomic E-state index is 12.1. The van der Waals surface area contributed by atoms with Crippen LogP contribution in [0.25, 0.3) is 5.78 Å². The quantitative estimate of drug-likeness (QED) is 0.735. The van der Waals surface area contributed by atoms with Gasteiger partial charge in [0.15, 0.2) is 6.10 Å². The fraction of sp³-hybridized carbons (Fsp3) is 0.556. The van der Waals surface area contributed by atoms with Crippen molar-refractivity contribution in [1.82, 2.24) is 30.2 Å². The summed E-state index contributed by atoms with van der Waals surface area (Å²) in [6.07, 6.45) is 0.785. The second kappa shape index (κ2) is 8.32. The van der Waals surface area contributed by atoms with Crippen LogP contribution in [-0.4, -0.2) is 49.1 Å². The molecule has 0 radical (unpaired) electrons. The number of fused-ring (bicyclic) bond motifs is 1. The average Bonchev–Trinajstić information content (AvgIpc) is 3.00. The highest BCUT2D eigenvalue weighted by atomic mass is 16.5. The number of nitrogens with zero attached hydrogens (tertiary/aromatic N) is 4. The molecule has 10 heteroatoms. The summed E-state index contributed by atoms with van der Waals surface area (Å²) in [6.45, 7) is 10.5. The summed E-state index contributed by atoms with van der Waals surface area (Å²) < 4.78 is 6.74. The number of hydrogen-bond donors (Lipinski definition) is 2. The van der Waals surface area contributed by atoms with Crippen molar-refractivity contribution in [2.24, 2.45) is 0 Å². The van der Waals surface area contributed by atoms with Crippen LogP contribution in [0, 0.1) is 13.8 Å². The number of amides is 3. The van der Waals surface area contributed by atoms with E-state index < -0.39 is 29.6 Å². The molecule has 0 bridgehead atoms. The van der Waals surface area contributed by atoms with E-state index in [1.54, 1.807) is 25.3 Å². The molecule has 0 aliphatic heterocycles. The Morgan fingerprint density at radius 3 is 2.57 bits per heavy atom. The second-order valence-electron chi connectivity index (χ2n) is 7.56. The van der Waals surface area contributed by atoms with Gasteiger partial charge in [-0.25, -0.2) is 14.3 Å². The summed E-state index contributed by atoms with van der Waals surface area (Å²) in [5, 5.41) is 8.86. The third kappa shape index (κ3) is 5.48. The zero-order chi connectivity index (χ0) is 21.1. The van der Waals surface area contributed by atoms with Gasteiger partial charge < -0.3 is 10.1 Å². The van der Waals surface area contributed by atoms with E-state index in [1.807, 2.05) is 13.8 Å². The topological polar surface area (TPSA) is 128 Å². The maximum absolute atomic E-state index is 12.1. The molecule has 2 heterocycles. The third-order valence-electron chi connectivity index (χ3n) is 3.97. The van der Waals surface area contributed by atoms with Gasteiger partial charge in [-0.15, -0.1) is 0 Å². The van der Waals surface area contributed by atoms with Gasteiger partial charge >= 0.3 is 12.0 Å². The van der Waals surface area contributed by atoms with Crippen molar-refractivity contribution in [1.29, 1.82) is 0 Å². The van der Waals surface area contributed by atoms with Gasteiger partial charge in [0, 0.05) is 23.3 Å². The number of hydrogen-bond acceptors (Lipinski definition) is 7. The highest BCUT2D eigenvalue weighted by Crippen LogP contribution is 2.15. The Labute approximate surface area is 163 Å². The summed E-state index contributed by atoms with van der Waals surface area (Å²) in [6, 6.07) is -0.640. The molecule has 0 aliphatic rings. The van der Waals surface area contributed by atoms with Gasteiger partial charge in [0.05, 0.1) is 0 Å². The maximum Gasteiger partial charge on any atom is 0.321 e. The number of carbonyl (C=O) groups excluding carboxylic acids is 3. The zero-order valence-corrected chi connectivity index (χ0v) is 17.0. The minimum absolute atomic E-state index is 0.0649. The number of ether oxygens (including phenoxy) is 1. The van der Waals surface area contributed by atoms with E-state index >= 15 is 0 Å². The van der Waals surface area contributed by atoms with Crippen molar-refractivity contribution >= 4 is 23.7 Å². The number of rotatable bonds is 5. The van der Waals surface area contributed by atoms with E-state index in [4.69, 9.17) is 4.74 Å². The van der Waals surface area contributed by atoms with E-state index in [0.29, 0.717) is 12.2 Å². The minimum atomic E-state index is -1.09. The summed E-state index contributed by atoms with van der Waals surface area (Å²) in [5.41, 5.74) is 1.99. The van der Waals surface area contributed by atoms with E-state index in [2.05, 4.69) is 25.7 Å². The van der Waals surface area contributed by atoms with Crippen LogP contribution in [-0.2, 0) is 20.7 Å². The fourth-order valence-electron chi connectivity index (χ4n) is 2.64. The zero-order valence-electron chi connectivity index (χ0n) is 17.0. The molecule has 0 aliphatic carbocycles. The Morgan fingerprint density at radius 2 is 1.93 bits per heavy atom. The summed E-state index contributed by atoms with van der Waals surface area (Å²) in [4.78, 5) is 44.3. The normalized spacial score (nSPS) is 12.5. The lowest BCUT2D eigenvalue weighted by Gasteiger charge is -2.21. The molecule has 10 nitrogen and oxygen atoms in total. The minimum Gasteiger partial charge on any atom is -0.453 e. The lowest BCUT2D eigenvalue weighted by atomic mass is 10.1. The number of aromatic nitrogens is 4. The van der Waals surface area contributed by atoms with Gasteiger partial charge in [0.1, 0.15) is 6.33 Å². The average molecular weight is 390 g/mol. The lowest BCUT2D eigenvalue weighted by molar-refractivity contribution is -0.154. The predicted molar refractivity (Wildman–Crippen MR) is 101 cm³/mol. The van der Waals surface area contributed by atoms with Crippen molar-refractivity contribution in [2.75, 3.05) is 0 Å². The number of aryl methyl sites for hydroxylation is 2. The van der Waals surface area contributed by atoms with Crippen LogP contribution in [0.4, 0.5) is 4.79 Å². The van der Waals surface area contributed by atoms with Crippen LogP contribution in [0.5, 0.6) is 0 Å². The lowest BCUT2D eigenvalue weighted by Crippen LogP contribution is -2.50. The molecule has 3 amide bonds. The molecule has 2 aromatic rings. The monoisotopic (exact) mass is 390 g/mol. The van der Waals surface area contributed by atoms with E-state index in [-0.39, 0.29) is 6.42 Å². The van der Waals surface area contributed by atoms with Crippen LogP contribution in [0.2, 0.25) is 0 Å². The molecule has 0 aromatic carbocycles. The van der Waals surface area contributed by atoms with Crippen molar-refractivity contribution in [3.8, 4) is 0 Å². The molecule has 0 saturated carbocycles. The van der Waals surface area contributed by atoms with Crippen LogP contribution in [0.15, 0.2) is 6.33 Å². The highest BCUT2D eigenvalue weighted by Gasteiger charge is 2.22. The molecular formula is C18H26N6O4. The summed E-state index contributed by atoms with van der Waals surface area (Å²) in [7, 11) is 0. The first-order chi connectivity index (χ1) is 13.0. The summed E-state index contributed by atoms with van der Waals surface area (Å²) >= 11 is 0. The number of nitrogens with one attached hydrogen (secondary N) is 2. The summed E-state index contributed by atoms with van der Waals surface area (Å²) in [5.74, 6) is -0.732. The van der Waals surface area contributed by atoms with Crippen molar-refractivity contribution in [3.63, 3.8) is 0 Å². The molecule has 1 atom stereocenters. The number of esters is 1. The van der Waals surface area contributed by atoms with Gasteiger partial charge in [-0.05, 0) is 53.5 Å². The standard InChI is InChI=1S/C18H26N6O4/c1-10-13(11(2)24-16(21-10)19-9-20-24)7-8-14(25)28-12(3)15(26)22-17(27)23-18(4,5)6/h9,12H,7-8H2,1-6H3,(H2,22,23,26,27)/t12-/m0/s1. The smallest absolute Gasteiger partial charge is 0.321 e. The Hall–Kier alpha value is -3.04. The van der Waals surface area contributed by atoms with E-state index in [9.17, 15) is 14.4 Å². The molecule has 2 rings (SSSR count). The predicted octanol–water partition coefficient (Wildman–Crippen LogP) is 1.23. The van der Waals surface area contributed by atoms with Crippen LogP contribution in [0.3, 0.4) is 0 Å². The van der Waals surface area contributed by atoms with Crippen LogP contribution < -0.4 is 10.6 Å². The van der Waals surface area contributed by atoms with Gasteiger partial charge in [0.2, 0.25) is 0 Å². The molecule has 0 unspecified atom stereocenters. The van der Waals surface area contributed by atoms with E-state index in [1.165, 1.54) is 13.3 Å². The second-order valence-corrected chi connectivity index (χ2v) is 7.56. The van der Waals surface area contributed by atoms with E-state index in [0.717, 1.165) is 17.0 Å². The Bertz CT molecular complexity index is 899. The Balaban J connectivity index is 1.90. The first kappa shape index (κ1) is 21.3. The molecule has 152 valence electrons. The van der Waals surface area contributed by atoms with Gasteiger partial charge in [-0.1, -0.05) is 0 Å². The number of urea groups is 1. The largest absolute Gasteiger partial charge is 0.453 e. The molecule has 0 spiro atoms.